The van der Waals surface area contributed by atoms with E-state index in [0.717, 1.165) is 5.52 Å². The standard InChI is InChI=1S/C8H8N2.C7H15BO2/c1-10-6-9-7-4-2-3-5-8(7)10;1-6(2)7(3,4)10-8(5)9-6/h2-6H,1H3;1-5H3. The Morgan fingerprint density at radius 2 is 1.60 bits per heavy atom. The number of hydrogen-bond acceptors (Lipinski definition) is 3. The smallest absolute Gasteiger partial charge is 0.403 e. The van der Waals surface area contributed by atoms with Crippen LogP contribution in [0.1, 0.15) is 27.7 Å². The maximum atomic E-state index is 5.54. The molecule has 20 heavy (non-hydrogen) atoms. The molecule has 1 fully saturated rings. The first kappa shape index (κ1) is 15.1. The van der Waals surface area contributed by atoms with Crippen LogP contribution in [-0.2, 0) is 16.4 Å². The van der Waals surface area contributed by atoms with E-state index in [1.165, 1.54) is 5.52 Å². The van der Waals surface area contributed by atoms with Crippen molar-refractivity contribution < 1.29 is 9.31 Å². The van der Waals surface area contributed by atoms with Gasteiger partial charge in [0.05, 0.1) is 28.6 Å². The number of fused-ring (bicyclic) bond motifs is 1. The first-order chi connectivity index (χ1) is 9.23. The van der Waals surface area contributed by atoms with Crippen LogP contribution in [-0.4, -0.2) is 27.9 Å². The predicted molar refractivity (Wildman–Crippen MR) is 82.7 cm³/mol. The van der Waals surface area contributed by atoms with Crippen LogP contribution in [0.3, 0.4) is 0 Å². The van der Waals surface area contributed by atoms with Crippen LogP contribution in [0.25, 0.3) is 11.0 Å². The highest BCUT2D eigenvalue weighted by molar-refractivity contribution is 6.43. The molecule has 2 aromatic rings. The number of para-hydroxylation sites is 2. The molecule has 108 valence electrons. The van der Waals surface area contributed by atoms with E-state index in [4.69, 9.17) is 9.31 Å². The largest absolute Gasteiger partial charge is 0.454 e. The highest BCUT2D eigenvalue weighted by Gasteiger charge is 2.48. The molecule has 0 bridgehead atoms. The fourth-order valence-electron chi connectivity index (χ4n) is 2.22. The number of rotatable bonds is 0. The zero-order valence-electron chi connectivity index (χ0n) is 13.2. The van der Waals surface area contributed by atoms with Gasteiger partial charge in [-0.05, 0) is 46.7 Å². The lowest BCUT2D eigenvalue weighted by Crippen LogP contribution is -2.41. The van der Waals surface area contributed by atoms with Crippen LogP contribution in [0.4, 0.5) is 0 Å². The van der Waals surface area contributed by atoms with Crippen LogP contribution in [0.15, 0.2) is 30.6 Å². The molecule has 0 saturated carbocycles. The molecule has 0 N–H and O–H groups in total. The minimum Gasteiger partial charge on any atom is -0.403 e. The molecule has 0 spiro atoms. The molecule has 2 heterocycles. The van der Waals surface area contributed by atoms with E-state index in [2.05, 4.69) is 38.7 Å². The molecule has 0 atom stereocenters. The second-order valence-electron chi connectivity index (χ2n) is 6.17. The molecule has 0 radical (unpaired) electrons. The van der Waals surface area contributed by atoms with E-state index in [9.17, 15) is 0 Å². The predicted octanol–water partition coefficient (Wildman–Crippen LogP) is 3.28. The Bertz CT molecular complexity index is 576. The van der Waals surface area contributed by atoms with E-state index in [0.29, 0.717) is 0 Å². The summed E-state index contributed by atoms with van der Waals surface area (Å²) in [6.07, 6.45) is 1.82. The lowest BCUT2D eigenvalue weighted by molar-refractivity contribution is 0.00578. The Morgan fingerprint density at radius 1 is 1.05 bits per heavy atom. The van der Waals surface area contributed by atoms with Gasteiger partial charge in [0.1, 0.15) is 0 Å². The maximum absolute atomic E-state index is 5.54. The summed E-state index contributed by atoms with van der Waals surface area (Å²) in [7, 11) is 1.93. The van der Waals surface area contributed by atoms with Crippen molar-refractivity contribution in [3.63, 3.8) is 0 Å². The third-order valence-electron chi connectivity index (χ3n) is 4.00. The third-order valence-corrected chi connectivity index (χ3v) is 4.00. The molecule has 1 aliphatic rings. The Morgan fingerprint density at radius 3 is 2.05 bits per heavy atom. The van der Waals surface area contributed by atoms with Gasteiger partial charge in [-0.3, -0.25) is 0 Å². The van der Waals surface area contributed by atoms with Crippen LogP contribution in [0.5, 0.6) is 0 Å². The molecular weight excluding hydrogens is 251 g/mol. The van der Waals surface area contributed by atoms with Crippen LogP contribution >= 0.6 is 0 Å². The van der Waals surface area contributed by atoms with Gasteiger partial charge < -0.3 is 13.9 Å². The normalized spacial score (nSPS) is 19.8. The average molecular weight is 274 g/mol. The van der Waals surface area contributed by atoms with Crippen molar-refractivity contribution in [1.82, 2.24) is 9.55 Å². The van der Waals surface area contributed by atoms with Gasteiger partial charge in [-0.15, -0.1) is 0 Å². The first-order valence-corrected chi connectivity index (χ1v) is 6.95. The molecule has 4 nitrogen and oxygen atoms in total. The number of aromatic nitrogens is 2. The van der Waals surface area contributed by atoms with Gasteiger partial charge in [0, 0.05) is 7.05 Å². The van der Waals surface area contributed by atoms with E-state index in [1.54, 1.807) is 0 Å². The van der Waals surface area contributed by atoms with Gasteiger partial charge >= 0.3 is 7.12 Å². The summed E-state index contributed by atoms with van der Waals surface area (Å²) in [5.41, 5.74) is 1.92. The topological polar surface area (TPSA) is 36.3 Å². The van der Waals surface area contributed by atoms with Crippen molar-refractivity contribution >= 4 is 18.2 Å². The van der Waals surface area contributed by atoms with E-state index < -0.39 is 0 Å². The summed E-state index contributed by atoms with van der Waals surface area (Å²) in [4.78, 5) is 4.18. The molecule has 5 heteroatoms. The summed E-state index contributed by atoms with van der Waals surface area (Å²) in [6.45, 7) is 10.1. The van der Waals surface area contributed by atoms with E-state index >= 15 is 0 Å². The molecule has 1 saturated heterocycles. The second-order valence-corrected chi connectivity index (χ2v) is 6.17. The van der Waals surface area contributed by atoms with Crippen LogP contribution in [0, 0.1) is 0 Å². The molecule has 1 aromatic carbocycles. The number of aryl methyl sites for hydroxylation is 1. The molecule has 1 aliphatic heterocycles. The molecule has 0 unspecified atom stereocenters. The van der Waals surface area contributed by atoms with Gasteiger partial charge in [-0.25, -0.2) is 4.98 Å². The average Bonchev–Trinajstić information content (AvgIpc) is 2.79. The zero-order chi connectivity index (χ0) is 15.0. The first-order valence-electron chi connectivity index (χ1n) is 6.95. The summed E-state index contributed by atoms with van der Waals surface area (Å²) < 4.78 is 13.1. The molecule has 1 aromatic heterocycles. The Balaban J connectivity index is 0.000000147. The quantitative estimate of drug-likeness (QED) is 0.692. The summed E-state index contributed by atoms with van der Waals surface area (Å²) in [5, 5.41) is 0. The fourth-order valence-corrected chi connectivity index (χ4v) is 2.22. The number of nitrogens with zero attached hydrogens (tertiary/aromatic N) is 2. The summed E-state index contributed by atoms with van der Waals surface area (Å²) in [6, 6.07) is 8.08. The monoisotopic (exact) mass is 274 g/mol. The molecule has 0 amide bonds. The van der Waals surface area contributed by atoms with Crippen molar-refractivity contribution in [1.29, 1.82) is 0 Å². The van der Waals surface area contributed by atoms with E-state index in [1.807, 2.05) is 43.0 Å². The fraction of sp³-hybridized carbons (Fsp3) is 0.533. The minimum absolute atomic E-state index is 0.0648. The van der Waals surface area contributed by atoms with Gasteiger partial charge in [0.25, 0.3) is 0 Å². The third kappa shape index (κ3) is 2.89. The molecule has 3 rings (SSSR count). The Kier molecular flexibility index (Phi) is 3.94. The maximum Gasteiger partial charge on any atom is 0.454 e. The van der Waals surface area contributed by atoms with Gasteiger partial charge in [-0.1, -0.05) is 12.1 Å². The summed E-state index contributed by atoms with van der Waals surface area (Å²) in [5.74, 6) is 0. The molecule has 0 aliphatic carbocycles. The van der Waals surface area contributed by atoms with Gasteiger partial charge in [0.2, 0.25) is 0 Å². The van der Waals surface area contributed by atoms with Crippen LogP contribution in [0.2, 0.25) is 6.82 Å². The van der Waals surface area contributed by atoms with E-state index in [-0.39, 0.29) is 18.3 Å². The van der Waals surface area contributed by atoms with Crippen molar-refractivity contribution in [2.45, 2.75) is 45.7 Å². The van der Waals surface area contributed by atoms with Gasteiger partial charge in [0.15, 0.2) is 0 Å². The van der Waals surface area contributed by atoms with Crippen molar-refractivity contribution in [2.75, 3.05) is 0 Å². The van der Waals surface area contributed by atoms with Crippen molar-refractivity contribution in [2.24, 2.45) is 7.05 Å². The Hall–Kier alpha value is -1.33. The number of hydrogen-bond donors (Lipinski definition) is 0. The Labute approximate surface area is 121 Å². The van der Waals surface area contributed by atoms with Crippen molar-refractivity contribution in [3.05, 3.63) is 30.6 Å². The summed E-state index contributed by atoms with van der Waals surface area (Å²) >= 11 is 0. The second kappa shape index (κ2) is 5.22. The van der Waals surface area contributed by atoms with Crippen LogP contribution < -0.4 is 0 Å². The SMILES string of the molecule is CB1OC(C)(C)C(C)(C)O1.Cn1cnc2ccccc21. The molecular formula is C15H23BN2O2. The van der Waals surface area contributed by atoms with Crippen molar-refractivity contribution in [3.8, 4) is 0 Å². The lowest BCUT2D eigenvalue weighted by atomic mass is 9.90. The zero-order valence-corrected chi connectivity index (χ0v) is 13.2. The number of imidazole rings is 1. The highest BCUT2D eigenvalue weighted by Crippen LogP contribution is 2.36. The van der Waals surface area contributed by atoms with Gasteiger partial charge in [-0.2, -0.15) is 0 Å². The lowest BCUT2D eigenvalue weighted by Gasteiger charge is -2.32. The minimum atomic E-state index is -0.160. The highest BCUT2D eigenvalue weighted by atomic mass is 16.7. The number of benzene rings is 1.